The van der Waals surface area contributed by atoms with E-state index in [1.54, 1.807) is 48.9 Å². The van der Waals surface area contributed by atoms with E-state index in [1.165, 1.54) is 19.0 Å². The number of ether oxygens (including phenoxy) is 7. The summed E-state index contributed by atoms with van der Waals surface area (Å²) in [5.74, 6) is 0.896. The monoisotopic (exact) mass is 1300 g/mol. The zero-order valence-electron chi connectivity index (χ0n) is 54.1. The van der Waals surface area contributed by atoms with Gasteiger partial charge in [0.1, 0.15) is 89.0 Å². The number of phosphoric acid groups is 1. The lowest BCUT2D eigenvalue weighted by Crippen LogP contribution is -2.47. The Labute approximate surface area is 523 Å². The van der Waals surface area contributed by atoms with E-state index in [1.807, 2.05) is 25.3 Å². The van der Waals surface area contributed by atoms with Crippen molar-refractivity contribution in [3.8, 4) is 0 Å². The summed E-state index contributed by atoms with van der Waals surface area (Å²) in [5.41, 5.74) is 16.7. The summed E-state index contributed by atoms with van der Waals surface area (Å²) in [5, 5.41) is 0. The molecule has 6 bridgehead atoms. The Morgan fingerprint density at radius 2 is 0.809 bits per heavy atom. The summed E-state index contributed by atoms with van der Waals surface area (Å²) >= 11 is 5.34. The van der Waals surface area contributed by atoms with Gasteiger partial charge < -0.3 is 64.7 Å². The van der Waals surface area contributed by atoms with Gasteiger partial charge in [-0.25, -0.2) is 49.4 Å². The standard InChI is InChI=1S/C19H30N5O6P.C19H30N5O5PS.C19H29N5O3/c1-17(2,3)7-19-8-27-12(13(19)29-31(25,26)30-18(4,5)6)16(28-19)24-10-23-11-14(20)21-9-22-15(11)24;1-17(2,3)7-19-8-26-12(13(19)28-30(25,31)29-18(4,5)6)16(27-19)24-10-23-11-14(20)21-9-22-15(11)24;1-17(2,3)7-19-8-25-12(13(19)26-18(4,5)6)16(27-19)24-10-23-11-14(20)21-9-22-15(11)24/h9-10,12-13,16H,7-8H2,1-6H3,(H,25,26)(H2,20,21,22);9-10,12-13,16H,7-8H2,1-6H3,(H,25,31)(H2,20,21,22);9-10,12-13,16H,7-8H2,1-6H3,(H2,20,21,22)/t12?,13-,16-,19+;12?,13-,16-,19+,30?;12?,13-,16-,19+/m111/s1. The molecule has 0 radical (unpaired) electrons. The molecular weight excluding hydrogens is 1210 g/mol. The van der Waals surface area contributed by atoms with Gasteiger partial charge in [0, 0.05) is 0 Å². The number of nitrogens with two attached hydrogens (primary N) is 3. The van der Waals surface area contributed by atoms with Gasteiger partial charge in [0.05, 0.1) is 55.6 Å². The molecule has 8 N–H and O–H groups in total. The quantitative estimate of drug-likeness (QED) is 0.0677. The highest BCUT2D eigenvalue weighted by Gasteiger charge is 2.68. The maximum atomic E-state index is 12.8. The van der Waals surface area contributed by atoms with E-state index < -0.39 is 79.4 Å². The Hall–Kier alpha value is -4.59. The van der Waals surface area contributed by atoms with E-state index in [2.05, 4.69) is 128 Å². The number of anilines is 3. The third kappa shape index (κ3) is 14.3. The number of rotatable bonds is 13. The molecule has 6 aromatic heterocycles. The Morgan fingerprint density at radius 1 is 0.494 bits per heavy atom. The molecule has 6 aliphatic rings. The van der Waals surface area contributed by atoms with Gasteiger partial charge in [0.2, 0.25) is 0 Å². The smallest absolute Gasteiger partial charge is 0.382 e. The highest BCUT2D eigenvalue weighted by molar-refractivity contribution is 8.07. The summed E-state index contributed by atoms with van der Waals surface area (Å²) in [6, 6.07) is 0. The molecule has 12 heterocycles. The molecule has 32 heteroatoms. The van der Waals surface area contributed by atoms with Gasteiger partial charge in [-0.05, 0) is 110 Å². The topological polar surface area (TPSA) is 368 Å². The number of phosphoric ester groups is 1. The molecule has 29 nitrogen and oxygen atoms in total. The van der Waals surface area contributed by atoms with Crippen molar-refractivity contribution in [2.45, 2.75) is 233 Å². The summed E-state index contributed by atoms with van der Waals surface area (Å²) in [6.45, 7) is 33.4. The van der Waals surface area contributed by atoms with Crippen LogP contribution in [0.4, 0.5) is 17.5 Å². The maximum Gasteiger partial charge on any atom is 0.473 e. The molecule has 6 saturated heterocycles. The Kier molecular flexibility index (Phi) is 17.5. The van der Waals surface area contributed by atoms with Crippen molar-refractivity contribution in [3.63, 3.8) is 0 Å². The van der Waals surface area contributed by atoms with Crippen LogP contribution in [0.5, 0.6) is 0 Å². The van der Waals surface area contributed by atoms with E-state index >= 15 is 0 Å². The number of aromatic nitrogens is 12. The molecular formula is C57H89N15O14P2S. The summed E-state index contributed by atoms with van der Waals surface area (Å²) in [4.78, 5) is 59.2. The zero-order valence-corrected chi connectivity index (χ0v) is 56.7. The number of nitrogens with zero attached hydrogens (tertiary/aromatic N) is 12. The number of hydrogen-bond acceptors (Lipinski definition) is 25. The van der Waals surface area contributed by atoms with Crippen LogP contribution < -0.4 is 17.2 Å². The molecule has 12 rings (SSSR count). The predicted octanol–water partition coefficient (Wildman–Crippen LogP) is 8.43. The highest BCUT2D eigenvalue weighted by Crippen LogP contribution is 2.61. The molecule has 492 valence electrons. The minimum absolute atomic E-state index is 0.0657. The number of hydrogen-bond donors (Lipinski definition) is 5. The van der Waals surface area contributed by atoms with Crippen molar-refractivity contribution in [1.29, 1.82) is 0 Å². The minimum Gasteiger partial charge on any atom is -0.382 e. The van der Waals surface area contributed by atoms with Gasteiger partial charge in [0.25, 0.3) is 0 Å². The van der Waals surface area contributed by atoms with Gasteiger partial charge in [0.15, 0.2) is 53.1 Å². The average Bonchev–Trinajstić information content (AvgIpc) is 1.63. The van der Waals surface area contributed by atoms with E-state index in [9.17, 15) is 14.4 Å². The molecule has 5 unspecified atom stereocenters. The number of imidazole rings is 3. The van der Waals surface area contributed by atoms with Gasteiger partial charge in [-0.1, -0.05) is 62.3 Å². The zero-order chi connectivity index (χ0) is 65.3. The van der Waals surface area contributed by atoms with E-state index in [0.29, 0.717) is 65.4 Å². The fourth-order valence-corrected chi connectivity index (χ4v) is 16.6. The minimum atomic E-state index is -4.40. The Balaban J connectivity index is 0.000000148. The molecule has 89 heavy (non-hydrogen) atoms. The first-order chi connectivity index (χ1) is 40.9. The van der Waals surface area contributed by atoms with Crippen molar-refractivity contribution >= 4 is 77.3 Å². The molecule has 0 spiro atoms. The van der Waals surface area contributed by atoms with Crippen LogP contribution in [-0.2, 0) is 67.6 Å². The summed E-state index contributed by atoms with van der Waals surface area (Å²) in [7, 11) is -4.40. The van der Waals surface area contributed by atoms with Crippen molar-refractivity contribution in [2.75, 3.05) is 37.0 Å². The van der Waals surface area contributed by atoms with Crippen LogP contribution in [0.1, 0.15) is 163 Å². The fourth-order valence-electron chi connectivity index (χ4n) is 13.0. The molecule has 14 atom stereocenters. The lowest BCUT2D eigenvalue weighted by molar-refractivity contribution is -0.187. The van der Waals surface area contributed by atoms with Crippen molar-refractivity contribution in [3.05, 3.63) is 38.0 Å². The molecule has 6 fully saturated rings. The number of fused-ring (bicyclic) bond motifs is 9. The Morgan fingerprint density at radius 3 is 1.12 bits per heavy atom. The van der Waals surface area contributed by atoms with Crippen LogP contribution >= 0.6 is 14.5 Å². The van der Waals surface area contributed by atoms with Gasteiger partial charge >= 0.3 is 14.5 Å². The predicted molar refractivity (Wildman–Crippen MR) is 332 cm³/mol. The second kappa shape index (κ2) is 23.2. The van der Waals surface area contributed by atoms with Crippen LogP contribution in [0.2, 0.25) is 0 Å². The van der Waals surface area contributed by atoms with E-state index in [4.69, 9.17) is 80.3 Å². The lowest BCUT2D eigenvalue weighted by atomic mass is 9.80. The highest BCUT2D eigenvalue weighted by atomic mass is 32.5. The summed E-state index contributed by atoms with van der Waals surface area (Å²) < 4.78 is 85.5. The molecule has 6 aromatic rings. The van der Waals surface area contributed by atoms with Crippen molar-refractivity contribution in [2.24, 2.45) is 16.2 Å². The average molecular weight is 1300 g/mol. The second-order valence-electron chi connectivity index (χ2n) is 30.6. The van der Waals surface area contributed by atoms with Gasteiger partial charge in [-0.15, -0.1) is 0 Å². The largest absolute Gasteiger partial charge is 0.473 e. The first-order valence-electron chi connectivity index (χ1n) is 29.7. The van der Waals surface area contributed by atoms with Crippen LogP contribution in [0.3, 0.4) is 0 Å². The van der Waals surface area contributed by atoms with E-state index in [0.717, 1.165) is 6.42 Å². The van der Waals surface area contributed by atoms with Crippen LogP contribution in [0, 0.1) is 16.2 Å². The second-order valence-corrected chi connectivity index (χ2v) is 34.6. The fraction of sp³-hybridized carbons (Fsp3) is 0.737. The van der Waals surface area contributed by atoms with Gasteiger partial charge in [-0.3, -0.25) is 27.3 Å². The third-order valence-electron chi connectivity index (χ3n) is 15.1. The third-order valence-corrected chi connectivity index (χ3v) is 18.2. The molecule has 0 aromatic carbocycles. The van der Waals surface area contributed by atoms with Crippen LogP contribution in [-0.4, -0.2) is 158 Å². The normalized spacial score (nSPS) is 30.9. The first-order valence-corrected chi connectivity index (χ1v) is 33.8. The summed E-state index contributed by atoms with van der Waals surface area (Å²) in [6.07, 6.45) is 6.36. The SMILES string of the molecule is CC(C)(C)C[C@@]12COC([C@H](n3cnc4c(N)ncnc43)O1)[C@H]2OC(C)(C)C.CC(C)(C)C[C@@]12COC([C@H](n3cnc4c(N)ncnc43)O1)[C@H]2OP(=O)(O)OC(C)(C)C.CC(C)(C)C[C@@]12COC([C@H](n3cnc4c(N)ncnc43)O1)[C@H]2OP(O)(=S)OC(C)(C)C. The van der Waals surface area contributed by atoms with Crippen molar-refractivity contribution < 1.29 is 65.6 Å². The molecule has 0 aliphatic carbocycles. The molecule has 0 amide bonds. The van der Waals surface area contributed by atoms with Crippen LogP contribution in [0.25, 0.3) is 33.5 Å². The molecule has 6 aliphatic heterocycles. The lowest BCUT2D eigenvalue weighted by Gasteiger charge is -2.38. The number of nitrogen functional groups attached to an aromatic ring is 3. The first kappa shape index (κ1) is 67.3. The maximum absolute atomic E-state index is 12.8. The Bertz CT molecular complexity index is 3500. The van der Waals surface area contributed by atoms with E-state index in [-0.39, 0.29) is 58.5 Å². The molecule has 0 saturated carbocycles. The van der Waals surface area contributed by atoms with Crippen molar-refractivity contribution in [1.82, 2.24) is 58.6 Å². The van der Waals surface area contributed by atoms with Gasteiger partial charge in [-0.2, -0.15) is 0 Å². The van der Waals surface area contributed by atoms with Crippen LogP contribution in [0.15, 0.2) is 38.0 Å².